The topological polar surface area (TPSA) is 104 Å². The monoisotopic (exact) mass is 321 g/mol. The van der Waals surface area contributed by atoms with E-state index in [-0.39, 0.29) is 5.78 Å². The average Bonchev–Trinajstić information content (AvgIpc) is 2.60. The third-order valence-electron chi connectivity index (χ3n) is 3.26. The summed E-state index contributed by atoms with van der Waals surface area (Å²) in [7, 11) is 1.76. The van der Waals surface area contributed by atoms with Gasteiger partial charge >= 0.3 is 0 Å². The highest BCUT2D eigenvalue weighted by Gasteiger charge is 2.07. The van der Waals surface area contributed by atoms with Crippen LogP contribution in [0.25, 0.3) is 11.3 Å². The van der Waals surface area contributed by atoms with Crippen LogP contribution in [0.5, 0.6) is 0 Å². The molecule has 0 amide bonds. The van der Waals surface area contributed by atoms with Gasteiger partial charge in [-0.3, -0.25) is 4.79 Å². The van der Waals surface area contributed by atoms with Crippen LogP contribution < -0.4 is 11.1 Å². The van der Waals surface area contributed by atoms with Crippen molar-refractivity contribution in [3.8, 4) is 11.3 Å². The molecule has 6 heteroatoms. The maximum absolute atomic E-state index is 11.5. The van der Waals surface area contributed by atoms with E-state index in [1.807, 2.05) is 12.1 Å². The number of carbonyl (C=O) groups excluding carboxylic acids is 1. The van der Waals surface area contributed by atoms with Gasteiger partial charge in [0.1, 0.15) is 11.5 Å². The lowest BCUT2D eigenvalue weighted by molar-refractivity contribution is 0.101. The number of pyridine rings is 1. The number of rotatable bonds is 6. The molecule has 1 aromatic carbocycles. The van der Waals surface area contributed by atoms with Crippen LogP contribution >= 0.6 is 0 Å². The van der Waals surface area contributed by atoms with Crippen molar-refractivity contribution in [2.24, 2.45) is 10.7 Å². The molecule has 0 radical (unpaired) electrons. The number of carbonyl (C=O) groups is 1. The van der Waals surface area contributed by atoms with Gasteiger partial charge in [0, 0.05) is 31.3 Å². The number of amidine groups is 1. The van der Waals surface area contributed by atoms with Crippen LogP contribution in [0.1, 0.15) is 23.0 Å². The maximum atomic E-state index is 11.5. The first-order valence-electron chi connectivity index (χ1n) is 7.36. The van der Waals surface area contributed by atoms with E-state index in [2.05, 4.69) is 15.3 Å². The van der Waals surface area contributed by atoms with Crippen molar-refractivity contribution >= 4 is 23.5 Å². The van der Waals surface area contributed by atoms with Crippen LogP contribution in [0.15, 0.2) is 53.7 Å². The lowest BCUT2D eigenvalue weighted by atomic mass is 10.1. The van der Waals surface area contributed by atoms with Gasteiger partial charge in [-0.15, -0.1) is 0 Å². The van der Waals surface area contributed by atoms with Gasteiger partial charge in [0.05, 0.1) is 11.4 Å². The number of aromatic nitrogens is 1. The van der Waals surface area contributed by atoms with Crippen LogP contribution in [-0.2, 0) is 0 Å². The fraction of sp³-hybridized carbons (Fsp3) is 0.111. The van der Waals surface area contributed by atoms with Gasteiger partial charge < -0.3 is 16.5 Å². The highest BCUT2D eigenvalue weighted by atomic mass is 16.1. The molecule has 0 atom stereocenters. The fourth-order valence-corrected chi connectivity index (χ4v) is 2.06. The molecule has 0 fully saturated rings. The van der Waals surface area contributed by atoms with Crippen molar-refractivity contribution in [3.63, 3.8) is 0 Å². The second-order valence-corrected chi connectivity index (χ2v) is 5.04. The molecule has 6 nitrogen and oxygen atoms in total. The van der Waals surface area contributed by atoms with Crippen LogP contribution in [-0.4, -0.2) is 29.9 Å². The molecule has 0 aliphatic rings. The van der Waals surface area contributed by atoms with E-state index in [4.69, 9.17) is 11.1 Å². The number of nitrogens with two attached hydrogens (primary N) is 1. The summed E-state index contributed by atoms with van der Waals surface area (Å²) in [6.45, 7) is 1.48. The summed E-state index contributed by atoms with van der Waals surface area (Å²) in [5.41, 5.74) is 8.94. The lowest BCUT2D eigenvalue weighted by Crippen LogP contribution is -2.09. The molecule has 0 saturated heterocycles. The number of nitrogens with one attached hydrogen (secondary N) is 2. The number of benzene rings is 1. The smallest absolute Gasteiger partial charge is 0.178 e. The number of hydrogen-bond acceptors (Lipinski definition) is 5. The van der Waals surface area contributed by atoms with Gasteiger partial charge in [0.15, 0.2) is 5.78 Å². The molecule has 0 unspecified atom stereocenters. The molecule has 2 aromatic rings. The summed E-state index contributed by atoms with van der Waals surface area (Å²) in [4.78, 5) is 20.2. The van der Waals surface area contributed by atoms with Crippen LogP contribution in [0.3, 0.4) is 0 Å². The Bertz CT molecular complexity index is 824. The van der Waals surface area contributed by atoms with Crippen LogP contribution in [0, 0.1) is 5.41 Å². The third kappa shape index (κ3) is 4.13. The third-order valence-corrected chi connectivity index (χ3v) is 3.26. The van der Waals surface area contributed by atoms with Gasteiger partial charge in [0.2, 0.25) is 0 Å². The molecular weight excluding hydrogens is 302 g/mol. The maximum Gasteiger partial charge on any atom is 0.178 e. The van der Waals surface area contributed by atoms with E-state index in [9.17, 15) is 4.79 Å². The molecule has 0 aliphatic carbocycles. The minimum atomic E-state index is -0.0901. The van der Waals surface area contributed by atoms with E-state index in [0.717, 1.165) is 5.56 Å². The molecule has 1 aromatic heterocycles. The molecule has 0 saturated carbocycles. The Morgan fingerprint density at radius 3 is 2.79 bits per heavy atom. The summed E-state index contributed by atoms with van der Waals surface area (Å²) < 4.78 is 0. The molecule has 0 spiro atoms. The summed E-state index contributed by atoms with van der Waals surface area (Å²) in [6.07, 6.45) is 4.52. The molecule has 122 valence electrons. The second kappa shape index (κ2) is 7.82. The highest BCUT2D eigenvalue weighted by molar-refractivity contribution is 5.96. The first-order chi connectivity index (χ1) is 11.5. The average molecular weight is 321 g/mol. The van der Waals surface area contributed by atoms with Gasteiger partial charge in [0.25, 0.3) is 0 Å². The Kier molecular flexibility index (Phi) is 5.57. The fourth-order valence-electron chi connectivity index (χ4n) is 2.06. The standard InChI is InChI=1S/C18H19N5O/c1-12(24)15-4-3-5-16(22-15)13-6-7-14(11-19)17(10-13)23-18(20)8-9-21-2/h3-11,19,21H,1-2H3,(H2,20,23)/b9-8-,19-11?. The van der Waals surface area contributed by atoms with Gasteiger partial charge in [-0.05, 0) is 30.5 Å². The van der Waals surface area contributed by atoms with E-state index in [1.54, 1.807) is 43.6 Å². The molecule has 4 N–H and O–H groups in total. The Balaban J connectivity index is 2.49. The highest BCUT2D eigenvalue weighted by Crippen LogP contribution is 2.26. The van der Waals surface area contributed by atoms with E-state index in [0.29, 0.717) is 28.5 Å². The largest absolute Gasteiger partial charge is 0.394 e. The van der Waals surface area contributed by atoms with Gasteiger partial charge in [-0.1, -0.05) is 18.2 Å². The number of aliphatic imine (C=N–C) groups is 1. The molecule has 0 aliphatic heterocycles. The molecular formula is C18H19N5O. The van der Waals surface area contributed by atoms with Gasteiger partial charge in [-0.25, -0.2) is 9.98 Å². The van der Waals surface area contributed by atoms with E-state index < -0.39 is 0 Å². The van der Waals surface area contributed by atoms with Crippen LogP contribution in [0.2, 0.25) is 0 Å². The Morgan fingerprint density at radius 2 is 2.12 bits per heavy atom. The number of nitrogens with zero attached hydrogens (tertiary/aromatic N) is 2. The van der Waals surface area contributed by atoms with Crippen molar-refractivity contribution in [2.75, 3.05) is 7.05 Å². The second-order valence-electron chi connectivity index (χ2n) is 5.04. The molecule has 0 bridgehead atoms. The predicted molar refractivity (Wildman–Crippen MR) is 97.0 cm³/mol. The zero-order valence-corrected chi connectivity index (χ0v) is 13.6. The first-order valence-corrected chi connectivity index (χ1v) is 7.36. The number of ketones is 1. The predicted octanol–water partition coefficient (Wildman–Crippen LogP) is 2.67. The summed E-state index contributed by atoms with van der Waals surface area (Å²) >= 11 is 0. The first kappa shape index (κ1) is 17.1. The van der Waals surface area contributed by atoms with Crippen molar-refractivity contribution in [1.29, 1.82) is 5.41 Å². The molecule has 24 heavy (non-hydrogen) atoms. The lowest BCUT2D eigenvalue weighted by Gasteiger charge is -2.07. The summed E-state index contributed by atoms with van der Waals surface area (Å²) in [6, 6.07) is 10.7. The zero-order valence-electron chi connectivity index (χ0n) is 13.6. The quantitative estimate of drug-likeness (QED) is 0.432. The Hall–Kier alpha value is -3.28. The van der Waals surface area contributed by atoms with Crippen molar-refractivity contribution in [2.45, 2.75) is 6.92 Å². The van der Waals surface area contributed by atoms with E-state index >= 15 is 0 Å². The van der Waals surface area contributed by atoms with Gasteiger partial charge in [-0.2, -0.15) is 0 Å². The van der Waals surface area contributed by atoms with Crippen molar-refractivity contribution in [3.05, 3.63) is 59.9 Å². The molecule has 1 heterocycles. The zero-order chi connectivity index (χ0) is 17.5. The summed E-state index contributed by atoms with van der Waals surface area (Å²) in [5.74, 6) is 0.225. The number of Topliss-reactive ketones (excluding diaryl/α,β-unsaturated/α-hetero) is 1. The van der Waals surface area contributed by atoms with Crippen LogP contribution in [0.4, 0.5) is 5.69 Å². The molecule has 2 rings (SSSR count). The number of hydrogen-bond donors (Lipinski definition) is 3. The Labute approximate surface area is 140 Å². The minimum Gasteiger partial charge on any atom is -0.394 e. The van der Waals surface area contributed by atoms with Crippen molar-refractivity contribution in [1.82, 2.24) is 10.3 Å². The van der Waals surface area contributed by atoms with Crippen molar-refractivity contribution < 1.29 is 4.79 Å². The Morgan fingerprint density at radius 1 is 1.33 bits per heavy atom. The normalized spacial score (nSPS) is 11.5. The summed E-state index contributed by atoms with van der Waals surface area (Å²) in [5, 5.41) is 10.3. The van der Waals surface area contributed by atoms with E-state index in [1.165, 1.54) is 13.1 Å². The minimum absolute atomic E-state index is 0.0901. The SMILES string of the molecule is CN/C=C\C(N)=Nc1cc(-c2cccc(C(C)=O)n2)ccc1C=N.